The summed E-state index contributed by atoms with van der Waals surface area (Å²) >= 11 is 0. The Hall–Kier alpha value is -3.85. The number of fused-ring (bicyclic) bond motifs is 13. The summed E-state index contributed by atoms with van der Waals surface area (Å²) in [7, 11) is 0. The van der Waals surface area contributed by atoms with Gasteiger partial charge in [0.15, 0.2) is 0 Å². The first kappa shape index (κ1) is 28.7. The van der Waals surface area contributed by atoms with Gasteiger partial charge in [0, 0.05) is 18.7 Å². The third-order valence-electron chi connectivity index (χ3n) is 6.04. The molecule has 0 fully saturated rings. The summed E-state index contributed by atoms with van der Waals surface area (Å²) < 4.78 is 11.2. The van der Waals surface area contributed by atoms with Crippen LogP contribution in [0.2, 0.25) is 0 Å². The second kappa shape index (κ2) is 14.8. The molecule has 2 aromatic rings. The smallest absolute Gasteiger partial charge is 0.408 e. The van der Waals surface area contributed by atoms with Gasteiger partial charge in [-0.15, -0.1) is 0 Å². The van der Waals surface area contributed by atoms with Gasteiger partial charge in [-0.3, -0.25) is 9.59 Å². The molecule has 2 aliphatic heterocycles. The predicted octanol–water partition coefficient (Wildman–Crippen LogP) is 3.19. The first-order valence-corrected chi connectivity index (χ1v) is 13.0. The van der Waals surface area contributed by atoms with E-state index in [2.05, 4.69) is 16.0 Å². The maximum Gasteiger partial charge on any atom is 0.408 e. The minimum atomic E-state index is -0.965. The Kier molecular flexibility index (Phi) is 11.2. The summed E-state index contributed by atoms with van der Waals surface area (Å²) in [6.45, 7) is 4.68. The molecular weight excluding hydrogens is 484 g/mol. The third-order valence-corrected chi connectivity index (χ3v) is 6.04. The monoisotopic (exact) mass is 522 g/mol. The minimum Gasteiger partial charge on any atom is -0.494 e. The Labute approximate surface area is 224 Å². The van der Waals surface area contributed by atoms with E-state index in [4.69, 9.17) is 15.2 Å². The Morgan fingerprint density at radius 2 is 1.84 bits per heavy atom. The lowest BCUT2D eigenvalue weighted by Gasteiger charge is -2.24. The van der Waals surface area contributed by atoms with Crippen LogP contribution in [0, 0.1) is 5.92 Å². The molecule has 2 aromatic carbocycles. The summed E-state index contributed by atoms with van der Waals surface area (Å²) in [4.78, 5) is 39.2. The number of rotatable bonds is 6. The van der Waals surface area contributed by atoms with Gasteiger partial charge in [-0.05, 0) is 48.4 Å². The fourth-order valence-corrected chi connectivity index (χ4v) is 4.03. The number of carbonyl (C=O) groups is 3. The fourth-order valence-electron chi connectivity index (χ4n) is 4.03. The van der Waals surface area contributed by atoms with Crippen LogP contribution in [0.15, 0.2) is 66.4 Å². The van der Waals surface area contributed by atoms with Crippen molar-refractivity contribution in [3.05, 3.63) is 77.5 Å². The molecule has 4 rings (SSSR count). The number of carbonyl (C=O) groups excluding carboxylic acids is 3. The van der Waals surface area contributed by atoms with Crippen molar-refractivity contribution in [3.8, 4) is 5.75 Å². The molecule has 0 aliphatic carbocycles. The maximum absolute atomic E-state index is 13.4. The van der Waals surface area contributed by atoms with E-state index in [-0.39, 0.29) is 31.4 Å². The number of hydrogen-bond acceptors (Lipinski definition) is 6. The quantitative estimate of drug-likeness (QED) is 0.461. The number of hydrogen-bond donors (Lipinski definition) is 4. The lowest BCUT2D eigenvalue weighted by molar-refractivity contribution is -0.130. The van der Waals surface area contributed by atoms with Crippen molar-refractivity contribution in [3.63, 3.8) is 0 Å². The standard InChI is InChI=1S/C29H38N4O5/c1-20(2)16-25-27(34)31-23(18-30)10-6-7-15-37-24-13-11-21(12-14-24)17-26(28(35)32-25)33-29(36)38-19-22-8-4-3-5-9-22/h3-5,8-14,20,25-26H,6-7,15-19,30H2,1-2H3,(H,31,34)(H,32,35)(H,33,36)/b23-10+/t25-,26-/m0/s1. The number of nitrogens with one attached hydrogen (secondary N) is 3. The molecule has 2 aliphatic rings. The lowest BCUT2D eigenvalue weighted by Crippen LogP contribution is -2.54. The van der Waals surface area contributed by atoms with Gasteiger partial charge in [0.2, 0.25) is 11.8 Å². The summed E-state index contributed by atoms with van der Waals surface area (Å²) in [5, 5.41) is 8.38. The molecule has 38 heavy (non-hydrogen) atoms. The zero-order valence-electron chi connectivity index (χ0n) is 22.1. The third kappa shape index (κ3) is 9.55. The van der Waals surface area contributed by atoms with Crippen molar-refractivity contribution < 1.29 is 23.9 Å². The van der Waals surface area contributed by atoms with Gasteiger partial charge in [-0.1, -0.05) is 62.4 Å². The average molecular weight is 523 g/mol. The highest BCUT2D eigenvalue weighted by Crippen LogP contribution is 2.15. The van der Waals surface area contributed by atoms with Crippen LogP contribution in [0.25, 0.3) is 0 Å². The molecule has 0 unspecified atom stereocenters. The van der Waals surface area contributed by atoms with Gasteiger partial charge in [-0.2, -0.15) is 0 Å². The molecule has 2 bridgehead atoms. The second-order valence-corrected chi connectivity index (χ2v) is 9.71. The molecule has 9 nitrogen and oxygen atoms in total. The van der Waals surface area contributed by atoms with E-state index in [1.807, 2.05) is 74.5 Å². The van der Waals surface area contributed by atoms with Crippen LogP contribution < -0.4 is 26.4 Å². The van der Waals surface area contributed by atoms with Crippen LogP contribution in [-0.4, -0.2) is 43.1 Å². The molecule has 9 heteroatoms. The van der Waals surface area contributed by atoms with E-state index >= 15 is 0 Å². The van der Waals surface area contributed by atoms with Gasteiger partial charge in [-0.25, -0.2) is 4.79 Å². The van der Waals surface area contributed by atoms with Crippen LogP contribution in [0.4, 0.5) is 4.79 Å². The summed E-state index contributed by atoms with van der Waals surface area (Å²) in [6, 6.07) is 14.9. The topological polar surface area (TPSA) is 132 Å². The molecule has 2 atom stereocenters. The largest absolute Gasteiger partial charge is 0.494 e. The van der Waals surface area contributed by atoms with Gasteiger partial charge < -0.3 is 31.2 Å². The van der Waals surface area contributed by atoms with E-state index in [1.165, 1.54) is 0 Å². The summed E-state index contributed by atoms with van der Waals surface area (Å²) in [5.41, 5.74) is 8.09. The van der Waals surface area contributed by atoms with E-state index in [0.717, 1.165) is 17.5 Å². The number of alkyl carbamates (subject to hydrolysis) is 1. The molecule has 0 saturated carbocycles. The SMILES string of the molecule is CC(C)C[C@@H]1NC(=O)[C@@H](NC(=O)OCc2ccccc2)Cc2ccc(cc2)OCCC/C=C(\CN)NC1=O. The zero-order valence-corrected chi connectivity index (χ0v) is 22.1. The van der Waals surface area contributed by atoms with Crippen molar-refractivity contribution in [2.24, 2.45) is 11.7 Å². The minimum absolute atomic E-state index is 0.0691. The molecule has 0 aromatic heterocycles. The molecule has 0 radical (unpaired) electrons. The summed E-state index contributed by atoms with van der Waals surface area (Å²) in [5.74, 6) is 0.0177. The highest BCUT2D eigenvalue weighted by molar-refractivity contribution is 5.92. The Bertz CT molecular complexity index is 1090. The average Bonchev–Trinajstić information content (AvgIpc) is 2.91. The lowest BCUT2D eigenvalue weighted by atomic mass is 10.0. The van der Waals surface area contributed by atoms with Crippen molar-refractivity contribution in [2.75, 3.05) is 13.2 Å². The Balaban J connectivity index is 1.82. The Morgan fingerprint density at radius 1 is 1.11 bits per heavy atom. The van der Waals surface area contributed by atoms with Gasteiger partial charge in [0.1, 0.15) is 24.4 Å². The number of nitrogens with two attached hydrogens (primary N) is 1. The summed E-state index contributed by atoms with van der Waals surface area (Å²) in [6.07, 6.45) is 3.22. The first-order valence-electron chi connectivity index (χ1n) is 13.0. The number of amides is 3. The van der Waals surface area contributed by atoms with E-state index in [0.29, 0.717) is 30.9 Å². The molecular formula is C29H38N4O5. The Morgan fingerprint density at radius 3 is 2.53 bits per heavy atom. The van der Waals surface area contributed by atoms with Crippen LogP contribution in [0.5, 0.6) is 5.75 Å². The highest BCUT2D eigenvalue weighted by Gasteiger charge is 2.28. The normalized spacial score (nSPS) is 20.4. The molecule has 0 saturated heterocycles. The van der Waals surface area contributed by atoms with Gasteiger partial charge in [0.05, 0.1) is 6.61 Å². The molecule has 3 amide bonds. The second-order valence-electron chi connectivity index (χ2n) is 9.71. The van der Waals surface area contributed by atoms with Gasteiger partial charge >= 0.3 is 6.09 Å². The molecule has 204 valence electrons. The van der Waals surface area contributed by atoms with Crippen LogP contribution >= 0.6 is 0 Å². The van der Waals surface area contributed by atoms with Crippen molar-refractivity contribution in [1.29, 1.82) is 0 Å². The van der Waals surface area contributed by atoms with Crippen LogP contribution in [-0.2, 0) is 27.4 Å². The van der Waals surface area contributed by atoms with E-state index < -0.39 is 24.1 Å². The number of allylic oxidation sites excluding steroid dienone is 1. The van der Waals surface area contributed by atoms with Crippen molar-refractivity contribution in [2.45, 2.75) is 58.2 Å². The molecule has 2 heterocycles. The fraction of sp³-hybridized carbons (Fsp3) is 0.414. The predicted molar refractivity (Wildman–Crippen MR) is 145 cm³/mol. The van der Waals surface area contributed by atoms with E-state index in [9.17, 15) is 14.4 Å². The van der Waals surface area contributed by atoms with E-state index in [1.54, 1.807) is 0 Å². The van der Waals surface area contributed by atoms with Crippen LogP contribution in [0.3, 0.4) is 0 Å². The molecule has 5 N–H and O–H groups in total. The first-order chi connectivity index (χ1) is 18.3. The van der Waals surface area contributed by atoms with Crippen molar-refractivity contribution in [1.82, 2.24) is 16.0 Å². The maximum atomic E-state index is 13.4. The van der Waals surface area contributed by atoms with Crippen LogP contribution in [0.1, 0.15) is 44.2 Å². The number of benzene rings is 2. The van der Waals surface area contributed by atoms with Gasteiger partial charge in [0.25, 0.3) is 0 Å². The number of ether oxygens (including phenoxy) is 2. The molecule has 0 spiro atoms. The van der Waals surface area contributed by atoms with Crippen molar-refractivity contribution >= 4 is 17.9 Å². The highest BCUT2D eigenvalue weighted by atomic mass is 16.5. The zero-order chi connectivity index (χ0) is 27.3.